The van der Waals surface area contributed by atoms with Crippen LogP contribution in [0.25, 0.3) is 0 Å². The van der Waals surface area contributed by atoms with Crippen LogP contribution in [0.3, 0.4) is 0 Å². The third-order valence-corrected chi connectivity index (χ3v) is 4.64. The molecule has 0 aromatic heterocycles. The summed E-state index contributed by atoms with van der Waals surface area (Å²) in [5.41, 5.74) is 2.14. The van der Waals surface area contributed by atoms with Gasteiger partial charge >= 0.3 is 0 Å². The highest BCUT2D eigenvalue weighted by Crippen LogP contribution is 2.21. The number of nitrogens with zero attached hydrogens (tertiary/aromatic N) is 2. The number of rotatable bonds is 9. The van der Waals surface area contributed by atoms with Gasteiger partial charge in [0, 0.05) is 32.3 Å². The first-order valence-electron chi connectivity index (χ1n) is 10.1. The molecule has 0 bridgehead atoms. The minimum absolute atomic E-state index is 0.129. The zero-order chi connectivity index (χ0) is 20.2. The Hall–Kier alpha value is -2.28. The predicted molar refractivity (Wildman–Crippen MR) is 112 cm³/mol. The molecule has 0 spiro atoms. The van der Waals surface area contributed by atoms with Gasteiger partial charge in [-0.3, -0.25) is 4.79 Å². The fourth-order valence-corrected chi connectivity index (χ4v) is 3.08. The van der Waals surface area contributed by atoms with E-state index in [0.29, 0.717) is 25.7 Å². The summed E-state index contributed by atoms with van der Waals surface area (Å²) in [7, 11) is 1.66. The van der Waals surface area contributed by atoms with E-state index in [1.54, 1.807) is 7.11 Å². The first kappa shape index (κ1) is 22.0. The third kappa shape index (κ3) is 7.38. The maximum absolute atomic E-state index is 12.4. The Morgan fingerprint density at radius 2 is 1.96 bits per heavy atom. The fraction of sp³-hybridized carbons (Fsp3) is 0.619. The molecule has 0 atom stereocenters. The molecule has 1 saturated heterocycles. The molecule has 1 heterocycles. The van der Waals surface area contributed by atoms with Crippen molar-refractivity contribution in [2.24, 2.45) is 4.99 Å². The Kier molecular flexibility index (Phi) is 9.62. The lowest BCUT2D eigenvalue weighted by Gasteiger charge is -2.27. The lowest BCUT2D eigenvalue weighted by molar-refractivity contribution is -0.130. The monoisotopic (exact) mass is 390 g/mol. The van der Waals surface area contributed by atoms with Gasteiger partial charge < -0.3 is 25.0 Å². The Morgan fingerprint density at radius 1 is 1.18 bits per heavy atom. The van der Waals surface area contributed by atoms with Crippen molar-refractivity contribution in [1.82, 2.24) is 15.5 Å². The molecule has 1 fully saturated rings. The summed E-state index contributed by atoms with van der Waals surface area (Å²) in [5.74, 6) is 1.58. The molecule has 2 rings (SSSR count). The molecule has 2 N–H and O–H groups in total. The molecule has 0 saturated carbocycles. The van der Waals surface area contributed by atoms with Gasteiger partial charge in [0.1, 0.15) is 12.4 Å². The number of carbonyl (C=O) groups excluding carboxylic acids is 1. The van der Waals surface area contributed by atoms with Crippen LogP contribution in [0.2, 0.25) is 0 Å². The van der Waals surface area contributed by atoms with E-state index in [9.17, 15) is 4.79 Å². The van der Waals surface area contributed by atoms with Crippen LogP contribution >= 0.6 is 0 Å². The summed E-state index contributed by atoms with van der Waals surface area (Å²) in [6.07, 6.45) is 3.41. The van der Waals surface area contributed by atoms with E-state index in [0.717, 1.165) is 49.4 Å². The Labute approximate surface area is 168 Å². The number of amides is 1. The van der Waals surface area contributed by atoms with E-state index in [1.807, 2.05) is 36.9 Å². The molecule has 1 aliphatic rings. The maximum atomic E-state index is 12.4. The smallest absolute Gasteiger partial charge is 0.241 e. The normalized spacial score (nSPS) is 14.7. The number of carbonyl (C=O) groups is 1. The van der Waals surface area contributed by atoms with Crippen LogP contribution in [0.1, 0.15) is 37.3 Å². The van der Waals surface area contributed by atoms with E-state index in [-0.39, 0.29) is 12.5 Å². The number of aryl methyl sites for hydroxylation is 1. The van der Waals surface area contributed by atoms with Crippen LogP contribution < -0.4 is 15.4 Å². The molecule has 1 aromatic rings. The first-order valence-corrected chi connectivity index (χ1v) is 10.1. The van der Waals surface area contributed by atoms with E-state index in [1.165, 1.54) is 6.42 Å². The van der Waals surface area contributed by atoms with Crippen molar-refractivity contribution in [2.75, 3.05) is 46.5 Å². The largest absolute Gasteiger partial charge is 0.491 e. The van der Waals surface area contributed by atoms with Gasteiger partial charge in [0.25, 0.3) is 0 Å². The number of guanidine groups is 1. The van der Waals surface area contributed by atoms with Gasteiger partial charge in [0.05, 0.1) is 19.7 Å². The summed E-state index contributed by atoms with van der Waals surface area (Å²) < 4.78 is 10.9. The summed E-state index contributed by atoms with van der Waals surface area (Å²) >= 11 is 0. The van der Waals surface area contributed by atoms with Gasteiger partial charge in [0.15, 0.2) is 5.96 Å². The zero-order valence-electron chi connectivity index (χ0n) is 17.4. The van der Waals surface area contributed by atoms with Gasteiger partial charge in [-0.1, -0.05) is 12.1 Å². The highest BCUT2D eigenvalue weighted by molar-refractivity contribution is 5.86. The van der Waals surface area contributed by atoms with Crippen molar-refractivity contribution in [3.8, 4) is 5.75 Å². The number of likely N-dealkylation sites (tertiary alicyclic amines) is 1. The molecule has 1 amide bonds. The number of hydrogen-bond donors (Lipinski definition) is 2. The minimum atomic E-state index is 0.129. The van der Waals surface area contributed by atoms with E-state index in [4.69, 9.17) is 9.47 Å². The van der Waals surface area contributed by atoms with Crippen LogP contribution in [0.4, 0.5) is 0 Å². The Balaban J connectivity index is 1.96. The quantitative estimate of drug-likeness (QED) is 0.384. The predicted octanol–water partition coefficient (Wildman–Crippen LogP) is 2.09. The van der Waals surface area contributed by atoms with Crippen LogP contribution in [0.15, 0.2) is 23.2 Å². The topological polar surface area (TPSA) is 75.2 Å². The highest BCUT2D eigenvalue weighted by atomic mass is 16.5. The molecule has 1 aliphatic heterocycles. The van der Waals surface area contributed by atoms with E-state index in [2.05, 4.69) is 15.6 Å². The maximum Gasteiger partial charge on any atom is 0.241 e. The molecular formula is C21H34N4O3. The van der Waals surface area contributed by atoms with Gasteiger partial charge in [0.2, 0.25) is 5.91 Å². The standard InChI is InChI=1S/C21H34N4O3/c1-4-22-21(24-16-20(26)25-10-6-5-7-11-25)23-15-18-9-8-17(2)14-19(18)28-13-12-27-3/h8-9,14H,4-7,10-13,15-16H2,1-3H3,(H2,22,23,24). The average Bonchev–Trinajstić information content (AvgIpc) is 2.71. The third-order valence-electron chi connectivity index (χ3n) is 4.64. The molecule has 0 aliphatic carbocycles. The van der Waals surface area contributed by atoms with Gasteiger partial charge in [-0.2, -0.15) is 0 Å². The summed E-state index contributed by atoms with van der Waals surface area (Å²) in [6.45, 7) is 8.27. The van der Waals surface area contributed by atoms with Crippen molar-refractivity contribution < 1.29 is 14.3 Å². The van der Waals surface area contributed by atoms with E-state index >= 15 is 0 Å². The SMILES string of the molecule is CCNC(=NCc1ccc(C)cc1OCCOC)NCC(=O)N1CCCCC1. The number of hydrogen-bond acceptors (Lipinski definition) is 4. The highest BCUT2D eigenvalue weighted by Gasteiger charge is 2.16. The van der Waals surface area contributed by atoms with Gasteiger partial charge in [-0.25, -0.2) is 4.99 Å². The zero-order valence-corrected chi connectivity index (χ0v) is 17.4. The van der Waals surface area contributed by atoms with Crippen molar-refractivity contribution in [3.05, 3.63) is 29.3 Å². The Bertz CT molecular complexity index is 643. The lowest BCUT2D eigenvalue weighted by atomic mass is 10.1. The molecule has 1 aromatic carbocycles. The molecule has 0 unspecified atom stereocenters. The number of methoxy groups -OCH3 is 1. The van der Waals surface area contributed by atoms with E-state index < -0.39 is 0 Å². The molecular weight excluding hydrogens is 356 g/mol. The van der Waals surface area contributed by atoms with Crippen LogP contribution in [0, 0.1) is 6.92 Å². The van der Waals surface area contributed by atoms with Crippen molar-refractivity contribution in [3.63, 3.8) is 0 Å². The molecule has 156 valence electrons. The van der Waals surface area contributed by atoms with Crippen molar-refractivity contribution >= 4 is 11.9 Å². The number of nitrogens with one attached hydrogen (secondary N) is 2. The molecule has 7 heteroatoms. The summed E-state index contributed by atoms with van der Waals surface area (Å²) in [5, 5.41) is 6.36. The average molecular weight is 391 g/mol. The lowest BCUT2D eigenvalue weighted by Crippen LogP contribution is -2.46. The minimum Gasteiger partial charge on any atom is -0.491 e. The Morgan fingerprint density at radius 3 is 2.68 bits per heavy atom. The second kappa shape index (κ2) is 12.2. The number of ether oxygens (including phenoxy) is 2. The van der Waals surface area contributed by atoms with Crippen molar-refractivity contribution in [2.45, 2.75) is 39.7 Å². The first-order chi connectivity index (χ1) is 13.6. The summed E-state index contributed by atoms with van der Waals surface area (Å²) in [6, 6.07) is 6.10. The molecule has 28 heavy (non-hydrogen) atoms. The van der Waals surface area contributed by atoms with Crippen LogP contribution in [0.5, 0.6) is 5.75 Å². The number of piperidine rings is 1. The van der Waals surface area contributed by atoms with Crippen molar-refractivity contribution in [1.29, 1.82) is 0 Å². The fourth-order valence-electron chi connectivity index (χ4n) is 3.08. The molecule has 7 nitrogen and oxygen atoms in total. The second-order valence-corrected chi connectivity index (χ2v) is 6.94. The van der Waals surface area contributed by atoms with Gasteiger partial charge in [-0.15, -0.1) is 0 Å². The summed E-state index contributed by atoms with van der Waals surface area (Å²) in [4.78, 5) is 18.9. The van der Waals surface area contributed by atoms with Crippen LogP contribution in [-0.2, 0) is 16.1 Å². The van der Waals surface area contributed by atoms with Gasteiger partial charge in [-0.05, 0) is 44.7 Å². The molecule has 0 radical (unpaired) electrons. The number of aliphatic imine (C=N–C) groups is 1. The second-order valence-electron chi connectivity index (χ2n) is 6.94. The van der Waals surface area contributed by atoms with Crippen LogP contribution in [-0.4, -0.2) is 63.3 Å². The number of benzene rings is 1.